The van der Waals surface area contributed by atoms with Crippen LogP contribution < -0.4 is 11.1 Å². The highest BCUT2D eigenvalue weighted by atomic mass is 19.1. The predicted octanol–water partition coefficient (Wildman–Crippen LogP) is 0.962. The molecule has 1 rings (SSSR count). The van der Waals surface area contributed by atoms with E-state index in [4.69, 9.17) is 10.9 Å². The highest BCUT2D eigenvalue weighted by Crippen LogP contribution is 2.12. The highest BCUT2D eigenvalue weighted by Gasteiger charge is 2.10. The lowest BCUT2D eigenvalue weighted by molar-refractivity contribution is 0.318. The molecule has 0 aliphatic rings. The number of hydrogen-bond donors (Lipinski definition) is 3. The zero-order chi connectivity index (χ0) is 14.3. The largest absolute Gasteiger partial charge is 0.409 e. The number of hydrogen-bond acceptors (Lipinski definition) is 4. The van der Waals surface area contributed by atoms with E-state index in [0.717, 1.165) is 19.5 Å². The molecule has 106 valence electrons. The van der Waals surface area contributed by atoms with Gasteiger partial charge in [0.05, 0.1) is 5.56 Å². The summed E-state index contributed by atoms with van der Waals surface area (Å²) in [7, 11) is 4.03. The molecule has 0 spiro atoms. The van der Waals surface area contributed by atoms with Crippen LogP contribution in [0.1, 0.15) is 17.5 Å². The maximum Gasteiger partial charge on any atom is 0.173 e. The third kappa shape index (κ3) is 4.84. The lowest BCUT2D eigenvalue weighted by Crippen LogP contribution is -2.22. The van der Waals surface area contributed by atoms with Crippen LogP contribution >= 0.6 is 0 Å². The van der Waals surface area contributed by atoms with Crippen LogP contribution in [0.5, 0.6) is 0 Å². The Hall–Kier alpha value is -1.66. The first kappa shape index (κ1) is 15.4. The van der Waals surface area contributed by atoms with Crippen molar-refractivity contribution in [2.75, 3.05) is 27.2 Å². The van der Waals surface area contributed by atoms with Crippen molar-refractivity contribution < 1.29 is 9.60 Å². The Balaban J connectivity index is 2.55. The smallest absolute Gasteiger partial charge is 0.173 e. The Labute approximate surface area is 112 Å². The highest BCUT2D eigenvalue weighted by molar-refractivity contribution is 5.97. The van der Waals surface area contributed by atoms with E-state index in [0.29, 0.717) is 12.1 Å². The van der Waals surface area contributed by atoms with Gasteiger partial charge in [-0.25, -0.2) is 4.39 Å². The van der Waals surface area contributed by atoms with Gasteiger partial charge in [-0.05, 0) is 39.7 Å². The summed E-state index contributed by atoms with van der Waals surface area (Å²) in [4.78, 5) is 2.10. The van der Waals surface area contributed by atoms with E-state index in [1.165, 1.54) is 6.07 Å². The van der Waals surface area contributed by atoms with E-state index in [-0.39, 0.29) is 11.4 Å². The van der Waals surface area contributed by atoms with Crippen LogP contribution in [0.15, 0.2) is 23.4 Å². The van der Waals surface area contributed by atoms with Crippen LogP contribution in [-0.4, -0.2) is 43.1 Å². The van der Waals surface area contributed by atoms with Gasteiger partial charge in [0.1, 0.15) is 5.82 Å². The first-order valence-electron chi connectivity index (χ1n) is 6.17. The van der Waals surface area contributed by atoms with E-state index >= 15 is 0 Å². The number of nitrogens with zero attached hydrogens (tertiary/aromatic N) is 2. The van der Waals surface area contributed by atoms with Gasteiger partial charge in [0.25, 0.3) is 0 Å². The SMILES string of the molecule is CN(C)CCCNCc1cccc(/C(N)=N/O)c1F. The lowest BCUT2D eigenvalue weighted by atomic mass is 10.1. The third-order valence-corrected chi connectivity index (χ3v) is 2.74. The minimum absolute atomic E-state index is 0.120. The molecule has 0 atom stereocenters. The van der Waals surface area contributed by atoms with Crippen molar-refractivity contribution in [1.29, 1.82) is 0 Å². The fourth-order valence-electron chi connectivity index (χ4n) is 1.71. The minimum atomic E-state index is -0.446. The van der Waals surface area contributed by atoms with Crippen molar-refractivity contribution in [2.45, 2.75) is 13.0 Å². The van der Waals surface area contributed by atoms with Gasteiger partial charge in [-0.3, -0.25) is 0 Å². The summed E-state index contributed by atoms with van der Waals surface area (Å²) in [5.41, 5.74) is 6.04. The quantitative estimate of drug-likeness (QED) is 0.226. The minimum Gasteiger partial charge on any atom is -0.409 e. The first-order valence-corrected chi connectivity index (χ1v) is 6.17. The van der Waals surface area contributed by atoms with Crippen LogP contribution in [0.25, 0.3) is 0 Å². The van der Waals surface area contributed by atoms with Crippen molar-refractivity contribution in [3.05, 3.63) is 35.1 Å². The molecule has 0 heterocycles. The van der Waals surface area contributed by atoms with Crippen molar-refractivity contribution in [1.82, 2.24) is 10.2 Å². The molecule has 6 heteroatoms. The monoisotopic (exact) mass is 268 g/mol. The molecule has 19 heavy (non-hydrogen) atoms. The molecule has 0 fully saturated rings. The van der Waals surface area contributed by atoms with Gasteiger partial charge in [0.15, 0.2) is 5.84 Å². The molecule has 0 saturated carbocycles. The maximum atomic E-state index is 14.0. The summed E-state index contributed by atoms with van der Waals surface area (Å²) >= 11 is 0. The summed E-state index contributed by atoms with van der Waals surface area (Å²) in [6.45, 7) is 2.22. The Morgan fingerprint density at radius 1 is 1.47 bits per heavy atom. The molecule has 4 N–H and O–H groups in total. The van der Waals surface area contributed by atoms with E-state index in [1.54, 1.807) is 12.1 Å². The molecule has 0 unspecified atom stereocenters. The second-order valence-corrected chi connectivity index (χ2v) is 4.60. The van der Waals surface area contributed by atoms with Gasteiger partial charge in [0.2, 0.25) is 0 Å². The molecular formula is C13H21FN4O. The Bertz CT molecular complexity index is 435. The van der Waals surface area contributed by atoms with Crippen molar-refractivity contribution in [3.63, 3.8) is 0 Å². The van der Waals surface area contributed by atoms with Gasteiger partial charge < -0.3 is 21.2 Å². The van der Waals surface area contributed by atoms with Crippen LogP contribution in [0.2, 0.25) is 0 Å². The molecule has 0 radical (unpaired) electrons. The summed E-state index contributed by atoms with van der Waals surface area (Å²) in [6, 6.07) is 4.86. The van der Waals surface area contributed by atoms with E-state index < -0.39 is 5.82 Å². The first-order chi connectivity index (χ1) is 9.06. The molecule has 0 amide bonds. The van der Waals surface area contributed by atoms with Gasteiger partial charge in [-0.15, -0.1) is 0 Å². The Morgan fingerprint density at radius 2 is 2.21 bits per heavy atom. The van der Waals surface area contributed by atoms with Crippen molar-refractivity contribution in [3.8, 4) is 0 Å². The van der Waals surface area contributed by atoms with Crippen LogP contribution in [0.3, 0.4) is 0 Å². The number of nitrogens with two attached hydrogens (primary N) is 1. The maximum absolute atomic E-state index is 14.0. The fourth-order valence-corrected chi connectivity index (χ4v) is 1.71. The number of benzene rings is 1. The molecule has 5 nitrogen and oxygen atoms in total. The number of amidine groups is 1. The molecule has 0 aromatic heterocycles. The molecule has 0 aliphatic carbocycles. The predicted molar refractivity (Wildman–Crippen MR) is 73.8 cm³/mol. The second kappa shape index (κ2) is 7.70. The summed E-state index contributed by atoms with van der Waals surface area (Å²) in [5, 5.41) is 14.6. The Morgan fingerprint density at radius 3 is 2.84 bits per heavy atom. The van der Waals surface area contributed by atoms with Crippen LogP contribution in [-0.2, 0) is 6.54 Å². The third-order valence-electron chi connectivity index (χ3n) is 2.74. The summed E-state index contributed by atoms with van der Waals surface area (Å²) in [6.07, 6.45) is 0.995. The summed E-state index contributed by atoms with van der Waals surface area (Å²) in [5.74, 6) is -0.662. The molecule has 1 aromatic rings. The average Bonchev–Trinajstić information content (AvgIpc) is 2.39. The van der Waals surface area contributed by atoms with Gasteiger partial charge in [0, 0.05) is 12.1 Å². The Kier molecular flexibility index (Phi) is 6.24. The molecule has 0 saturated heterocycles. The normalized spacial score (nSPS) is 12.1. The molecule has 1 aromatic carbocycles. The van der Waals surface area contributed by atoms with Crippen molar-refractivity contribution >= 4 is 5.84 Å². The molecular weight excluding hydrogens is 247 g/mol. The zero-order valence-electron chi connectivity index (χ0n) is 11.4. The van der Waals surface area contributed by atoms with E-state index in [9.17, 15) is 4.39 Å². The van der Waals surface area contributed by atoms with Gasteiger partial charge >= 0.3 is 0 Å². The lowest BCUT2D eigenvalue weighted by Gasteiger charge is -2.11. The summed E-state index contributed by atoms with van der Waals surface area (Å²) < 4.78 is 14.0. The second-order valence-electron chi connectivity index (χ2n) is 4.60. The standard InChI is InChI=1S/C13H21FN4O/c1-18(2)8-4-7-16-9-10-5-3-6-11(12(10)14)13(15)17-19/h3,5-6,16,19H,4,7-9H2,1-2H3,(H2,15,17). The molecule has 0 bridgehead atoms. The average molecular weight is 268 g/mol. The topological polar surface area (TPSA) is 73.9 Å². The fraction of sp³-hybridized carbons (Fsp3) is 0.462. The van der Waals surface area contributed by atoms with Crippen LogP contribution in [0, 0.1) is 5.82 Å². The van der Waals surface area contributed by atoms with E-state index in [2.05, 4.69) is 15.4 Å². The van der Waals surface area contributed by atoms with Crippen LogP contribution in [0.4, 0.5) is 4.39 Å². The van der Waals surface area contributed by atoms with Crippen molar-refractivity contribution in [2.24, 2.45) is 10.9 Å². The number of nitrogens with one attached hydrogen (secondary N) is 1. The zero-order valence-corrected chi connectivity index (χ0v) is 11.4. The number of rotatable bonds is 7. The van der Waals surface area contributed by atoms with Gasteiger partial charge in [-0.1, -0.05) is 17.3 Å². The number of oxime groups is 1. The molecule has 0 aliphatic heterocycles. The van der Waals surface area contributed by atoms with E-state index in [1.807, 2.05) is 14.1 Å². The van der Waals surface area contributed by atoms with Gasteiger partial charge in [-0.2, -0.15) is 0 Å². The number of halogens is 1.